The van der Waals surface area contributed by atoms with E-state index in [9.17, 15) is 9.18 Å². The third kappa shape index (κ3) is 4.63. The van der Waals surface area contributed by atoms with Gasteiger partial charge in [-0.05, 0) is 42.3 Å². The normalized spacial score (nSPS) is 14.7. The number of ether oxygens (including phenoxy) is 1. The first-order valence-corrected chi connectivity index (χ1v) is 10.2. The highest BCUT2D eigenvalue weighted by Crippen LogP contribution is 2.30. The molecular formula is C23H26FN3O3. The van der Waals surface area contributed by atoms with Crippen LogP contribution in [-0.2, 0) is 11.3 Å². The van der Waals surface area contributed by atoms with Gasteiger partial charge in [-0.15, -0.1) is 0 Å². The molecule has 0 aliphatic carbocycles. The Hall–Kier alpha value is -2.90. The van der Waals surface area contributed by atoms with E-state index in [1.165, 1.54) is 12.1 Å². The van der Waals surface area contributed by atoms with Crippen LogP contribution < -0.4 is 5.32 Å². The Morgan fingerprint density at radius 2 is 1.93 bits per heavy atom. The molecule has 0 saturated carbocycles. The molecule has 1 N–H and O–H groups in total. The minimum atomic E-state index is -0.278. The standard InChI is InChI=1S/C23H26FN3O3/c1-17-15-27(16-18-4-6-19(24)7-5-18)22(21(17)20-3-2-12-30-20)23(28)25-8-9-26-10-13-29-14-11-26/h2-7,12,15H,8-11,13-14,16H2,1H3,(H,25,28). The number of hydrogen-bond acceptors (Lipinski definition) is 4. The number of carbonyl (C=O) groups excluding carboxylic acids is 1. The number of nitrogens with zero attached hydrogens (tertiary/aromatic N) is 2. The molecule has 0 atom stereocenters. The molecule has 0 bridgehead atoms. The molecule has 158 valence electrons. The van der Waals surface area contributed by atoms with E-state index in [0.29, 0.717) is 24.5 Å². The van der Waals surface area contributed by atoms with Gasteiger partial charge >= 0.3 is 0 Å². The molecule has 1 amide bonds. The molecule has 1 aliphatic rings. The summed E-state index contributed by atoms with van der Waals surface area (Å²) in [5.41, 5.74) is 3.20. The topological polar surface area (TPSA) is 59.6 Å². The van der Waals surface area contributed by atoms with Crippen LogP contribution >= 0.6 is 0 Å². The van der Waals surface area contributed by atoms with Gasteiger partial charge in [0.25, 0.3) is 5.91 Å². The number of aromatic nitrogens is 1. The maximum atomic E-state index is 13.3. The number of halogens is 1. The lowest BCUT2D eigenvalue weighted by Gasteiger charge is -2.26. The molecule has 4 rings (SSSR count). The molecule has 3 heterocycles. The smallest absolute Gasteiger partial charge is 0.268 e. The van der Waals surface area contributed by atoms with Crippen molar-refractivity contribution in [1.29, 1.82) is 0 Å². The van der Waals surface area contributed by atoms with Crippen LogP contribution in [0.1, 0.15) is 21.6 Å². The average molecular weight is 411 g/mol. The molecule has 1 saturated heterocycles. The van der Waals surface area contributed by atoms with Gasteiger partial charge in [-0.1, -0.05) is 12.1 Å². The molecule has 0 spiro atoms. The van der Waals surface area contributed by atoms with Crippen molar-refractivity contribution in [1.82, 2.24) is 14.8 Å². The second-order valence-corrected chi connectivity index (χ2v) is 7.48. The number of carbonyl (C=O) groups is 1. The summed E-state index contributed by atoms with van der Waals surface area (Å²) in [4.78, 5) is 15.5. The number of aryl methyl sites for hydroxylation is 1. The van der Waals surface area contributed by atoms with E-state index in [1.54, 1.807) is 18.4 Å². The molecule has 1 aliphatic heterocycles. The Labute approximate surface area is 175 Å². The van der Waals surface area contributed by atoms with Gasteiger partial charge < -0.3 is 19.0 Å². The summed E-state index contributed by atoms with van der Waals surface area (Å²) < 4.78 is 26.2. The zero-order valence-corrected chi connectivity index (χ0v) is 17.1. The van der Waals surface area contributed by atoms with Crippen LogP contribution in [0, 0.1) is 12.7 Å². The summed E-state index contributed by atoms with van der Waals surface area (Å²) in [5, 5.41) is 3.05. The number of morpholine rings is 1. The van der Waals surface area contributed by atoms with Gasteiger partial charge in [0.1, 0.15) is 17.3 Å². The zero-order chi connectivity index (χ0) is 20.9. The predicted molar refractivity (Wildman–Crippen MR) is 112 cm³/mol. The van der Waals surface area contributed by atoms with E-state index in [4.69, 9.17) is 9.15 Å². The van der Waals surface area contributed by atoms with Crippen LogP contribution in [-0.4, -0.2) is 54.8 Å². The van der Waals surface area contributed by atoms with Crippen LogP contribution in [0.2, 0.25) is 0 Å². The van der Waals surface area contributed by atoms with E-state index >= 15 is 0 Å². The molecule has 3 aromatic rings. The largest absolute Gasteiger partial charge is 0.464 e. The highest BCUT2D eigenvalue weighted by molar-refractivity contribution is 6.00. The lowest BCUT2D eigenvalue weighted by Crippen LogP contribution is -2.41. The number of furan rings is 1. The van der Waals surface area contributed by atoms with Gasteiger partial charge in [-0.25, -0.2) is 4.39 Å². The third-order valence-corrected chi connectivity index (χ3v) is 5.33. The molecule has 1 fully saturated rings. The van der Waals surface area contributed by atoms with Crippen molar-refractivity contribution in [3.8, 4) is 11.3 Å². The summed E-state index contributed by atoms with van der Waals surface area (Å²) in [5.74, 6) is 0.230. The monoisotopic (exact) mass is 411 g/mol. The molecular weight excluding hydrogens is 385 g/mol. The van der Waals surface area contributed by atoms with Gasteiger partial charge in [0, 0.05) is 38.9 Å². The summed E-state index contributed by atoms with van der Waals surface area (Å²) in [7, 11) is 0. The van der Waals surface area contributed by atoms with E-state index in [0.717, 1.165) is 49.5 Å². The van der Waals surface area contributed by atoms with E-state index in [1.807, 2.05) is 29.8 Å². The first-order valence-electron chi connectivity index (χ1n) is 10.2. The number of benzene rings is 1. The Bertz CT molecular complexity index is 974. The van der Waals surface area contributed by atoms with Gasteiger partial charge in [-0.2, -0.15) is 0 Å². The van der Waals surface area contributed by atoms with E-state index in [2.05, 4.69) is 10.2 Å². The van der Waals surface area contributed by atoms with E-state index in [-0.39, 0.29) is 11.7 Å². The highest BCUT2D eigenvalue weighted by Gasteiger charge is 2.23. The predicted octanol–water partition coefficient (Wildman–Crippen LogP) is 3.31. The number of hydrogen-bond donors (Lipinski definition) is 1. The molecule has 6 nitrogen and oxygen atoms in total. The van der Waals surface area contributed by atoms with Gasteiger partial charge in [0.05, 0.1) is 25.0 Å². The van der Waals surface area contributed by atoms with Crippen LogP contribution in [0.15, 0.2) is 53.3 Å². The fraction of sp³-hybridized carbons (Fsp3) is 0.348. The molecule has 30 heavy (non-hydrogen) atoms. The van der Waals surface area contributed by atoms with Crippen molar-refractivity contribution in [3.63, 3.8) is 0 Å². The maximum Gasteiger partial charge on any atom is 0.268 e. The van der Waals surface area contributed by atoms with Gasteiger partial charge in [0.15, 0.2) is 0 Å². The van der Waals surface area contributed by atoms with Crippen LogP contribution in [0.5, 0.6) is 0 Å². The Balaban J connectivity index is 1.56. The first kappa shape index (κ1) is 20.4. The maximum absolute atomic E-state index is 13.3. The van der Waals surface area contributed by atoms with Crippen molar-refractivity contribution in [2.24, 2.45) is 0 Å². The molecule has 7 heteroatoms. The third-order valence-electron chi connectivity index (χ3n) is 5.33. The quantitative estimate of drug-likeness (QED) is 0.648. The molecule has 1 aromatic carbocycles. The van der Waals surface area contributed by atoms with Gasteiger partial charge in [0.2, 0.25) is 0 Å². The van der Waals surface area contributed by atoms with Crippen molar-refractivity contribution < 1.29 is 18.3 Å². The molecule has 2 aromatic heterocycles. The van der Waals surface area contributed by atoms with Crippen LogP contribution in [0.3, 0.4) is 0 Å². The summed E-state index contributed by atoms with van der Waals surface area (Å²) in [6, 6.07) is 10.00. The van der Waals surface area contributed by atoms with Crippen molar-refractivity contribution in [2.45, 2.75) is 13.5 Å². The number of nitrogens with one attached hydrogen (secondary N) is 1. The lowest BCUT2D eigenvalue weighted by molar-refractivity contribution is 0.0383. The number of amides is 1. The van der Waals surface area contributed by atoms with Crippen molar-refractivity contribution in [3.05, 3.63) is 71.5 Å². The Morgan fingerprint density at radius 1 is 1.17 bits per heavy atom. The summed E-state index contributed by atoms with van der Waals surface area (Å²) in [6.07, 6.45) is 3.55. The first-order chi connectivity index (χ1) is 14.6. The lowest BCUT2D eigenvalue weighted by atomic mass is 10.1. The SMILES string of the molecule is Cc1cn(Cc2ccc(F)cc2)c(C(=O)NCCN2CCOCC2)c1-c1ccco1. The van der Waals surface area contributed by atoms with E-state index < -0.39 is 0 Å². The Morgan fingerprint density at radius 3 is 2.63 bits per heavy atom. The average Bonchev–Trinajstić information content (AvgIpc) is 3.38. The second-order valence-electron chi connectivity index (χ2n) is 7.48. The summed E-state index contributed by atoms with van der Waals surface area (Å²) >= 11 is 0. The fourth-order valence-electron chi connectivity index (χ4n) is 3.82. The second kappa shape index (κ2) is 9.28. The van der Waals surface area contributed by atoms with Crippen LogP contribution in [0.4, 0.5) is 4.39 Å². The minimum absolute atomic E-state index is 0.148. The van der Waals surface area contributed by atoms with Crippen molar-refractivity contribution >= 4 is 5.91 Å². The summed E-state index contributed by atoms with van der Waals surface area (Å²) in [6.45, 7) is 6.99. The van der Waals surface area contributed by atoms with Gasteiger partial charge in [-0.3, -0.25) is 9.69 Å². The fourth-order valence-corrected chi connectivity index (χ4v) is 3.82. The molecule has 0 radical (unpaired) electrons. The minimum Gasteiger partial charge on any atom is -0.464 e. The number of rotatable bonds is 7. The zero-order valence-electron chi connectivity index (χ0n) is 17.1. The van der Waals surface area contributed by atoms with Crippen LogP contribution in [0.25, 0.3) is 11.3 Å². The van der Waals surface area contributed by atoms with Crippen molar-refractivity contribution in [2.75, 3.05) is 39.4 Å². The highest BCUT2D eigenvalue weighted by atomic mass is 19.1. The Kier molecular flexibility index (Phi) is 6.30. The molecule has 0 unspecified atom stereocenters.